The summed E-state index contributed by atoms with van der Waals surface area (Å²) in [5.74, 6) is -0.876. The van der Waals surface area contributed by atoms with Crippen LogP contribution in [-0.2, 0) is 14.3 Å². The molecule has 0 N–H and O–H groups in total. The van der Waals surface area contributed by atoms with Crippen molar-refractivity contribution >= 4 is 17.6 Å². The molecule has 0 bridgehead atoms. The molecule has 1 atom stereocenters. The van der Waals surface area contributed by atoms with Gasteiger partial charge in [0.2, 0.25) is 6.04 Å². The van der Waals surface area contributed by atoms with Gasteiger partial charge in [-0.3, -0.25) is 4.79 Å². The van der Waals surface area contributed by atoms with Crippen molar-refractivity contribution in [2.45, 2.75) is 25.8 Å². The number of unbranched alkanes of at least 4 members (excludes halogenated alkanes) is 1. The van der Waals surface area contributed by atoms with Crippen molar-refractivity contribution in [3.05, 3.63) is 29.8 Å². The van der Waals surface area contributed by atoms with Crippen LogP contribution < -0.4 is 9.64 Å². The summed E-state index contributed by atoms with van der Waals surface area (Å²) in [7, 11) is 2.69. The van der Waals surface area contributed by atoms with Crippen molar-refractivity contribution in [1.29, 1.82) is 0 Å². The molecule has 0 aliphatic heterocycles. The summed E-state index contributed by atoms with van der Waals surface area (Å²) in [6.45, 7) is 2.40. The minimum atomic E-state index is -1.58. The maximum Gasteiger partial charge on any atom is 0.338 e. The van der Waals surface area contributed by atoms with Crippen LogP contribution in [0.4, 0.5) is 5.69 Å². The average molecular weight is 306 g/mol. The summed E-state index contributed by atoms with van der Waals surface area (Å²) in [6.07, 6.45) is 1.62. The summed E-state index contributed by atoms with van der Waals surface area (Å²) in [5, 5.41) is 2.86. The van der Waals surface area contributed by atoms with Gasteiger partial charge >= 0.3 is 5.97 Å². The second-order valence-electron chi connectivity index (χ2n) is 4.58. The molecule has 1 aromatic rings. The summed E-state index contributed by atoms with van der Waals surface area (Å²) in [5.41, 5.74) is 9.55. The number of hydrogen-bond acceptors (Lipinski definition) is 5. The lowest BCUT2D eigenvalue weighted by Gasteiger charge is -2.26. The molecule has 0 spiro atoms. The van der Waals surface area contributed by atoms with Gasteiger partial charge in [0.05, 0.1) is 14.2 Å². The first-order valence-electron chi connectivity index (χ1n) is 6.96. The molecule has 1 rings (SSSR count). The van der Waals surface area contributed by atoms with Crippen molar-refractivity contribution in [2.75, 3.05) is 25.7 Å². The fraction of sp³-hybridized carbons (Fsp3) is 0.467. The second-order valence-corrected chi connectivity index (χ2v) is 4.58. The zero-order chi connectivity index (χ0) is 16.5. The van der Waals surface area contributed by atoms with Gasteiger partial charge in [-0.25, -0.2) is 4.79 Å². The Bertz CT molecular complexity index is 516. The van der Waals surface area contributed by atoms with Gasteiger partial charge in [-0.2, -0.15) is 0 Å². The number of rotatable bonds is 8. The molecular formula is C15H20N3O4-. The van der Waals surface area contributed by atoms with Gasteiger partial charge in [0.25, 0.3) is 5.91 Å². The number of methoxy groups -OCH3 is 2. The Hall–Kier alpha value is -2.44. The Labute approximate surface area is 129 Å². The van der Waals surface area contributed by atoms with E-state index in [4.69, 9.17) is 10.3 Å². The Kier molecular flexibility index (Phi) is 7.01. The third kappa shape index (κ3) is 4.28. The zero-order valence-corrected chi connectivity index (χ0v) is 13.0. The van der Waals surface area contributed by atoms with Crippen LogP contribution in [0, 0.1) is 0 Å². The van der Waals surface area contributed by atoms with Crippen LogP contribution in [0.15, 0.2) is 29.4 Å². The number of amides is 1. The highest BCUT2D eigenvalue weighted by Crippen LogP contribution is 2.21. The molecule has 22 heavy (non-hydrogen) atoms. The van der Waals surface area contributed by atoms with E-state index in [2.05, 4.69) is 9.85 Å². The van der Waals surface area contributed by atoms with Gasteiger partial charge in [-0.1, -0.05) is 13.3 Å². The first-order chi connectivity index (χ1) is 10.6. The number of anilines is 1. The summed E-state index contributed by atoms with van der Waals surface area (Å²) in [6, 6.07) is 5.26. The fourth-order valence-corrected chi connectivity index (χ4v) is 1.90. The molecule has 120 valence electrons. The molecule has 0 saturated carbocycles. The number of benzene rings is 1. The molecule has 7 nitrogen and oxygen atoms in total. The molecule has 0 radical (unpaired) electrons. The number of carbonyl (C=O) groups excluding carboxylic acids is 2. The average Bonchev–Trinajstić information content (AvgIpc) is 2.56. The molecule has 0 heterocycles. The zero-order valence-electron chi connectivity index (χ0n) is 13.0. The molecular weight excluding hydrogens is 286 g/mol. The van der Waals surface area contributed by atoms with Crippen molar-refractivity contribution in [1.82, 2.24) is 0 Å². The number of esters is 1. The van der Waals surface area contributed by atoms with Crippen molar-refractivity contribution < 1.29 is 19.1 Å². The smallest absolute Gasteiger partial charge is 0.338 e. The van der Waals surface area contributed by atoms with Gasteiger partial charge in [0.1, 0.15) is 5.75 Å². The van der Waals surface area contributed by atoms with Crippen LogP contribution in [0.1, 0.15) is 19.8 Å². The maximum atomic E-state index is 12.5. The number of ether oxygens (including phenoxy) is 2. The van der Waals surface area contributed by atoms with Gasteiger partial charge in [-0.05, 0) is 30.7 Å². The SMILES string of the molecule is CCCCN(C(=O)C(N=[N-])C(=O)OC)c1ccc(OC)cc1. The fourth-order valence-electron chi connectivity index (χ4n) is 1.90. The Morgan fingerprint density at radius 1 is 1.27 bits per heavy atom. The Morgan fingerprint density at radius 2 is 1.91 bits per heavy atom. The molecule has 1 unspecified atom stereocenters. The predicted octanol–water partition coefficient (Wildman–Crippen LogP) is 2.39. The first-order valence-corrected chi connectivity index (χ1v) is 6.96. The number of nitrogens with zero attached hydrogens (tertiary/aromatic N) is 3. The van der Waals surface area contributed by atoms with Crippen LogP contribution in [0.2, 0.25) is 0 Å². The van der Waals surface area contributed by atoms with E-state index in [-0.39, 0.29) is 0 Å². The molecule has 1 aromatic carbocycles. The highest BCUT2D eigenvalue weighted by atomic mass is 16.5. The minimum Gasteiger partial charge on any atom is -0.711 e. The molecule has 7 heteroatoms. The van der Waals surface area contributed by atoms with Crippen LogP contribution in [-0.4, -0.2) is 38.7 Å². The third-order valence-corrected chi connectivity index (χ3v) is 3.16. The van der Waals surface area contributed by atoms with Crippen molar-refractivity contribution in [2.24, 2.45) is 5.11 Å². The molecule has 0 aromatic heterocycles. The van der Waals surface area contributed by atoms with E-state index >= 15 is 0 Å². The largest absolute Gasteiger partial charge is 0.711 e. The van der Waals surface area contributed by atoms with E-state index in [1.807, 2.05) is 6.92 Å². The highest BCUT2D eigenvalue weighted by Gasteiger charge is 2.29. The van der Waals surface area contributed by atoms with E-state index in [9.17, 15) is 9.59 Å². The molecule has 0 aliphatic carbocycles. The Morgan fingerprint density at radius 3 is 2.36 bits per heavy atom. The normalized spacial score (nSPS) is 11.4. The van der Waals surface area contributed by atoms with E-state index in [0.29, 0.717) is 18.0 Å². The van der Waals surface area contributed by atoms with Crippen LogP contribution in [0.5, 0.6) is 5.75 Å². The summed E-state index contributed by atoms with van der Waals surface area (Å²) >= 11 is 0. The quantitative estimate of drug-likeness (QED) is 0.419. The van der Waals surface area contributed by atoms with Crippen LogP contribution in [0.3, 0.4) is 0 Å². The maximum absolute atomic E-state index is 12.5. The van der Waals surface area contributed by atoms with Gasteiger partial charge < -0.3 is 25.0 Å². The summed E-state index contributed by atoms with van der Waals surface area (Å²) in [4.78, 5) is 25.4. The monoisotopic (exact) mass is 306 g/mol. The molecule has 0 saturated heterocycles. The molecule has 1 amide bonds. The van der Waals surface area contributed by atoms with Crippen LogP contribution >= 0.6 is 0 Å². The predicted molar refractivity (Wildman–Crippen MR) is 81.8 cm³/mol. The highest BCUT2D eigenvalue weighted by molar-refractivity contribution is 6.09. The van der Waals surface area contributed by atoms with Crippen molar-refractivity contribution in [3.8, 4) is 5.75 Å². The van der Waals surface area contributed by atoms with Gasteiger partial charge in [-0.15, -0.1) is 0 Å². The van der Waals surface area contributed by atoms with Crippen LogP contribution in [0.25, 0.3) is 5.53 Å². The van der Waals surface area contributed by atoms with E-state index < -0.39 is 17.9 Å². The third-order valence-electron chi connectivity index (χ3n) is 3.16. The minimum absolute atomic E-state index is 0.407. The lowest BCUT2D eigenvalue weighted by Crippen LogP contribution is -2.43. The van der Waals surface area contributed by atoms with Crippen molar-refractivity contribution in [3.63, 3.8) is 0 Å². The second kappa shape index (κ2) is 8.76. The van der Waals surface area contributed by atoms with Gasteiger partial charge in [0.15, 0.2) is 0 Å². The standard InChI is InChI=1S/C15H20N3O4/c1-4-5-10-18(11-6-8-12(21-2)9-7-11)14(19)13(17-16)15(20)22-3/h6-9,13H,4-5,10H2,1-3H3/q-1. The van der Waals surface area contributed by atoms with E-state index in [0.717, 1.165) is 20.0 Å². The first kappa shape index (κ1) is 17.6. The summed E-state index contributed by atoms with van der Waals surface area (Å²) < 4.78 is 9.57. The number of hydrogen-bond donors (Lipinski definition) is 0. The van der Waals surface area contributed by atoms with E-state index in [1.54, 1.807) is 31.4 Å². The lowest BCUT2D eigenvalue weighted by atomic mass is 10.2. The Balaban J connectivity index is 3.06. The molecule has 0 aliphatic rings. The van der Waals surface area contributed by atoms with Gasteiger partial charge in [0, 0.05) is 12.2 Å². The van der Waals surface area contributed by atoms with E-state index in [1.165, 1.54) is 4.90 Å². The molecule has 0 fully saturated rings. The topological polar surface area (TPSA) is 90.5 Å². The number of carbonyl (C=O) groups is 2. The lowest BCUT2D eigenvalue weighted by molar-refractivity contribution is -0.145.